The molecule has 0 heterocycles. The van der Waals surface area contributed by atoms with Crippen molar-refractivity contribution in [1.29, 1.82) is 0 Å². The van der Waals surface area contributed by atoms with Crippen molar-refractivity contribution >= 4 is 5.69 Å². The lowest BCUT2D eigenvalue weighted by molar-refractivity contribution is 0.305. The third-order valence-electron chi connectivity index (χ3n) is 1.48. The van der Waals surface area contributed by atoms with Crippen LogP contribution in [0.4, 0.5) is 5.69 Å². The molecule has 0 aliphatic heterocycles. The molecule has 0 bridgehead atoms. The molecule has 1 aromatic rings. The normalized spacial score (nSPS) is 8.36. The lowest BCUT2D eigenvalue weighted by Crippen LogP contribution is -1.77. The minimum Gasteiger partial charge on any atom is -0.395 e. The monoisotopic (exact) mass is 187 g/mol. The SMILES string of the molecule is [N-]=[N+]=Nc1cccc(C#CCCO)c1. The number of azide groups is 1. The van der Waals surface area contributed by atoms with Gasteiger partial charge in [0.25, 0.3) is 0 Å². The Morgan fingerprint density at radius 3 is 3.07 bits per heavy atom. The molecule has 0 radical (unpaired) electrons. The van der Waals surface area contributed by atoms with Crippen LogP contribution in [-0.4, -0.2) is 11.7 Å². The summed E-state index contributed by atoms with van der Waals surface area (Å²) in [5, 5.41) is 12.0. The summed E-state index contributed by atoms with van der Waals surface area (Å²) in [6, 6.07) is 6.99. The number of nitrogens with zero attached hydrogens (tertiary/aromatic N) is 3. The first-order chi connectivity index (χ1) is 6.86. The Hall–Kier alpha value is -1.95. The highest BCUT2D eigenvalue weighted by Gasteiger charge is 1.89. The van der Waals surface area contributed by atoms with Crippen LogP contribution in [0.15, 0.2) is 29.4 Å². The van der Waals surface area contributed by atoms with E-state index in [-0.39, 0.29) is 6.61 Å². The van der Waals surface area contributed by atoms with E-state index in [4.69, 9.17) is 10.6 Å². The Morgan fingerprint density at radius 1 is 1.50 bits per heavy atom. The summed E-state index contributed by atoms with van der Waals surface area (Å²) in [4.78, 5) is 2.68. The summed E-state index contributed by atoms with van der Waals surface area (Å²) in [7, 11) is 0. The first kappa shape index (κ1) is 10.1. The fourth-order valence-electron chi connectivity index (χ4n) is 0.918. The van der Waals surface area contributed by atoms with E-state index in [1.54, 1.807) is 18.2 Å². The molecule has 4 nitrogen and oxygen atoms in total. The van der Waals surface area contributed by atoms with E-state index in [0.717, 1.165) is 5.56 Å². The minimum absolute atomic E-state index is 0.0586. The van der Waals surface area contributed by atoms with Gasteiger partial charge in [-0.1, -0.05) is 29.1 Å². The predicted molar refractivity (Wildman–Crippen MR) is 53.8 cm³/mol. The predicted octanol–water partition coefficient (Wildman–Crippen LogP) is 2.36. The number of hydrogen-bond donors (Lipinski definition) is 1. The maximum Gasteiger partial charge on any atom is 0.0540 e. The second kappa shape index (κ2) is 5.65. The first-order valence-electron chi connectivity index (χ1n) is 4.11. The number of aliphatic hydroxyl groups excluding tert-OH is 1. The summed E-state index contributed by atoms with van der Waals surface area (Å²) >= 11 is 0. The molecule has 0 fully saturated rings. The van der Waals surface area contributed by atoms with Crippen molar-refractivity contribution in [2.24, 2.45) is 5.11 Å². The Labute approximate surface area is 81.8 Å². The van der Waals surface area contributed by atoms with Crippen molar-refractivity contribution in [3.05, 3.63) is 40.3 Å². The van der Waals surface area contributed by atoms with Crippen LogP contribution < -0.4 is 0 Å². The molecule has 0 aromatic heterocycles. The minimum atomic E-state index is 0.0586. The number of benzene rings is 1. The second-order valence-corrected chi connectivity index (χ2v) is 2.52. The van der Waals surface area contributed by atoms with Crippen LogP contribution in [-0.2, 0) is 0 Å². The summed E-state index contributed by atoms with van der Waals surface area (Å²) in [5.74, 6) is 5.64. The van der Waals surface area contributed by atoms with Gasteiger partial charge < -0.3 is 5.11 Å². The van der Waals surface area contributed by atoms with Gasteiger partial charge in [-0.15, -0.1) is 0 Å². The maximum atomic E-state index is 8.51. The molecule has 0 spiro atoms. The molecule has 0 aliphatic rings. The zero-order chi connectivity index (χ0) is 10.2. The van der Waals surface area contributed by atoms with Gasteiger partial charge in [0.05, 0.1) is 6.61 Å². The Bertz CT molecular complexity index is 411. The number of rotatable bonds is 2. The summed E-state index contributed by atoms with van der Waals surface area (Å²) in [5.41, 5.74) is 9.54. The van der Waals surface area contributed by atoms with Gasteiger partial charge in [0.1, 0.15) is 0 Å². The molecule has 0 unspecified atom stereocenters. The molecule has 0 amide bonds. The van der Waals surface area contributed by atoms with Gasteiger partial charge in [-0.25, -0.2) is 0 Å². The largest absolute Gasteiger partial charge is 0.395 e. The first-order valence-corrected chi connectivity index (χ1v) is 4.11. The van der Waals surface area contributed by atoms with Crippen LogP contribution in [0.3, 0.4) is 0 Å². The molecule has 0 saturated heterocycles. The average Bonchev–Trinajstić information content (AvgIpc) is 2.19. The highest BCUT2D eigenvalue weighted by molar-refractivity contribution is 5.46. The van der Waals surface area contributed by atoms with Gasteiger partial charge in [0, 0.05) is 22.6 Å². The Balaban J connectivity index is 2.84. The Morgan fingerprint density at radius 2 is 2.36 bits per heavy atom. The standard InChI is InChI=1S/C10H9N3O/c11-13-12-10-6-3-5-9(8-10)4-1-2-7-14/h3,5-6,8,14H,2,7H2. The topological polar surface area (TPSA) is 69.0 Å². The molecule has 1 aromatic carbocycles. The van der Waals surface area contributed by atoms with Gasteiger partial charge in [-0.2, -0.15) is 0 Å². The lowest BCUT2D eigenvalue weighted by Gasteiger charge is -1.91. The van der Waals surface area contributed by atoms with Gasteiger partial charge in [-0.3, -0.25) is 0 Å². The highest BCUT2D eigenvalue weighted by atomic mass is 16.2. The molecule has 4 heteroatoms. The summed E-state index contributed by atoms with van der Waals surface area (Å²) < 4.78 is 0. The molecule has 0 atom stereocenters. The summed E-state index contributed by atoms with van der Waals surface area (Å²) in [6.07, 6.45) is 0.450. The van der Waals surface area contributed by atoms with E-state index in [1.165, 1.54) is 0 Å². The zero-order valence-corrected chi connectivity index (χ0v) is 7.51. The van der Waals surface area contributed by atoms with E-state index in [9.17, 15) is 0 Å². The van der Waals surface area contributed by atoms with E-state index in [2.05, 4.69) is 21.9 Å². The van der Waals surface area contributed by atoms with E-state index in [0.29, 0.717) is 12.1 Å². The van der Waals surface area contributed by atoms with Gasteiger partial charge >= 0.3 is 0 Å². The molecule has 0 aliphatic carbocycles. The lowest BCUT2D eigenvalue weighted by atomic mass is 10.2. The quantitative estimate of drug-likeness (QED) is 0.328. The molecule has 14 heavy (non-hydrogen) atoms. The van der Waals surface area contributed by atoms with Crippen molar-refractivity contribution in [3.8, 4) is 11.8 Å². The molecule has 1 rings (SSSR count). The number of hydrogen-bond acceptors (Lipinski definition) is 2. The van der Waals surface area contributed by atoms with Gasteiger partial charge in [0.2, 0.25) is 0 Å². The number of aliphatic hydroxyl groups is 1. The van der Waals surface area contributed by atoms with Crippen molar-refractivity contribution in [2.45, 2.75) is 6.42 Å². The molecule has 70 valence electrons. The van der Waals surface area contributed by atoms with Crippen LogP contribution in [0.5, 0.6) is 0 Å². The van der Waals surface area contributed by atoms with E-state index >= 15 is 0 Å². The fraction of sp³-hybridized carbons (Fsp3) is 0.200. The second-order valence-electron chi connectivity index (χ2n) is 2.52. The molecule has 0 saturated carbocycles. The third-order valence-corrected chi connectivity index (χ3v) is 1.48. The third kappa shape index (κ3) is 3.20. The highest BCUT2D eigenvalue weighted by Crippen LogP contribution is 2.13. The molecular formula is C10H9N3O. The van der Waals surface area contributed by atoms with Gasteiger partial charge in [0.15, 0.2) is 0 Å². The van der Waals surface area contributed by atoms with Crippen LogP contribution >= 0.6 is 0 Å². The zero-order valence-electron chi connectivity index (χ0n) is 7.51. The van der Waals surface area contributed by atoms with Crippen LogP contribution in [0, 0.1) is 11.8 Å². The van der Waals surface area contributed by atoms with Crippen LogP contribution in [0.1, 0.15) is 12.0 Å². The maximum absolute atomic E-state index is 8.51. The van der Waals surface area contributed by atoms with Crippen molar-refractivity contribution in [1.82, 2.24) is 0 Å². The van der Waals surface area contributed by atoms with Crippen molar-refractivity contribution in [3.63, 3.8) is 0 Å². The summed E-state index contributed by atoms with van der Waals surface area (Å²) in [6.45, 7) is 0.0586. The van der Waals surface area contributed by atoms with Crippen molar-refractivity contribution in [2.75, 3.05) is 6.61 Å². The smallest absolute Gasteiger partial charge is 0.0540 e. The van der Waals surface area contributed by atoms with Crippen LogP contribution in [0.25, 0.3) is 10.4 Å². The Kier molecular flexibility index (Phi) is 4.09. The van der Waals surface area contributed by atoms with Crippen molar-refractivity contribution < 1.29 is 5.11 Å². The average molecular weight is 187 g/mol. The van der Waals surface area contributed by atoms with E-state index < -0.39 is 0 Å². The molecule has 1 N–H and O–H groups in total. The fourth-order valence-corrected chi connectivity index (χ4v) is 0.918. The molecular weight excluding hydrogens is 178 g/mol. The van der Waals surface area contributed by atoms with Crippen LogP contribution in [0.2, 0.25) is 0 Å². The van der Waals surface area contributed by atoms with Gasteiger partial charge in [-0.05, 0) is 17.7 Å². The van der Waals surface area contributed by atoms with E-state index in [1.807, 2.05) is 6.07 Å².